The Morgan fingerprint density at radius 2 is 1.91 bits per heavy atom. The van der Waals surface area contributed by atoms with Crippen molar-refractivity contribution in [3.8, 4) is 0 Å². The van der Waals surface area contributed by atoms with Crippen LogP contribution in [-0.2, 0) is 15.1 Å². The largest absolute Gasteiger partial charge is 0.453 e. The van der Waals surface area contributed by atoms with Crippen molar-refractivity contribution in [2.24, 2.45) is 0 Å². The molecule has 0 radical (unpaired) electrons. The molecule has 1 fully saturated rings. The molecular weight excluding hydrogens is 288 g/mol. The van der Waals surface area contributed by atoms with Crippen LogP contribution in [0.15, 0.2) is 36.5 Å². The minimum atomic E-state index is -0.601. The van der Waals surface area contributed by atoms with Gasteiger partial charge in [0.1, 0.15) is 17.5 Å². The third kappa shape index (κ3) is 3.07. The van der Waals surface area contributed by atoms with E-state index in [1.165, 1.54) is 5.56 Å². The maximum Gasteiger partial charge on any atom is 0.329 e. The summed E-state index contributed by atoms with van der Waals surface area (Å²) in [5.41, 5.74) is 3.92. The Morgan fingerprint density at radius 1 is 1.17 bits per heavy atom. The Kier molecular flexibility index (Phi) is 3.84. The number of pyridine rings is 1. The summed E-state index contributed by atoms with van der Waals surface area (Å²) < 4.78 is 5.74. The van der Waals surface area contributed by atoms with Crippen molar-refractivity contribution in [2.45, 2.75) is 45.8 Å². The highest BCUT2D eigenvalue weighted by Gasteiger charge is 2.45. The number of rotatable bonds is 3. The average molecular weight is 310 g/mol. The van der Waals surface area contributed by atoms with Gasteiger partial charge in [0.15, 0.2) is 0 Å². The first-order valence-electron chi connectivity index (χ1n) is 7.87. The maximum absolute atomic E-state index is 12.3. The van der Waals surface area contributed by atoms with Gasteiger partial charge in [-0.25, -0.2) is 9.78 Å². The molecule has 2 atom stereocenters. The smallest absolute Gasteiger partial charge is 0.329 e. The van der Waals surface area contributed by atoms with E-state index >= 15 is 0 Å². The molecule has 0 bridgehead atoms. The molecule has 2 aromatic rings. The number of esters is 1. The maximum atomic E-state index is 12.3. The van der Waals surface area contributed by atoms with Crippen LogP contribution in [0, 0.1) is 20.8 Å². The monoisotopic (exact) mass is 310 g/mol. The predicted octanol–water partition coefficient (Wildman–Crippen LogP) is 3.65. The zero-order valence-electron chi connectivity index (χ0n) is 14.0. The number of hydrogen-bond acceptors (Lipinski definition) is 4. The summed E-state index contributed by atoms with van der Waals surface area (Å²) in [5.74, 6) is 0.479. The highest BCUT2D eigenvalue weighted by molar-refractivity contribution is 5.82. The predicted molar refractivity (Wildman–Crippen MR) is 90.4 cm³/mol. The Bertz CT molecular complexity index is 757. The van der Waals surface area contributed by atoms with E-state index in [9.17, 15) is 4.79 Å². The van der Waals surface area contributed by atoms with Gasteiger partial charge in [-0.1, -0.05) is 23.8 Å². The quantitative estimate of drug-likeness (QED) is 0.879. The van der Waals surface area contributed by atoms with Crippen molar-refractivity contribution in [1.82, 2.24) is 4.98 Å². The summed E-state index contributed by atoms with van der Waals surface area (Å²) in [6, 6.07) is 9.72. The third-order valence-electron chi connectivity index (χ3n) is 4.39. The van der Waals surface area contributed by atoms with Gasteiger partial charge in [0.05, 0.1) is 0 Å². The van der Waals surface area contributed by atoms with E-state index in [-0.39, 0.29) is 12.0 Å². The lowest BCUT2D eigenvalue weighted by Gasteiger charge is -2.25. The molecule has 4 heteroatoms. The van der Waals surface area contributed by atoms with E-state index in [1.54, 1.807) is 6.20 Å². The molecular formula is C19H22N2O2. The van der Waals surface area contributed by atoms with Gasteiger partial charge in [-0.2, -0.15) is 0 Å². The number of carbonyl (C=O) groups is 1. The first-order valence-corrected chi connectivity index (χ1v) is 7.87. The van der Waals surface area contributed by atoms with E-state index in [4.69, 9.17) is 4.74 Å². The summed E-state index contributed by atoms with van der Waals surface area (Å²) in [7, 11) is 0. The molecule has 2 heterocycles. The minimum absolute atomic E-state index is 0.226. The zero-order valence-corrected chi connectivity index (χ0v) is 14.0. The van der Waals surface area contributed by atoms with E-state index in [1.807, 2.05) is 26.0 Å². The van der Waals surface area contributed by atoms with Crippen molar-refractivity contribution >= 4 is 11.8 Å². The molecule has 1 aliphatic heterocycles. The van der Waals surface area contributed by atoms with Crippen molar-refractivity contribution in [3.05, 3.63) is 58.8 Å². The van der Waals surface area contributed by atoms with Gasteiger partial charge in [0.2, 0.25) is 0 Å². The van der Waals surface area contributed by atoms with Crippen LogP contribution in [0.5, 0.6) is 0 Å². The van der Waals surface area contributed by atoms with Gasteiger partial charge in [-0.15, -0.1) is 0 Å². The van der Waals surface area contributed by atoms with Crippen molar-refractivity contribution in [1.29, 1.82) is 0 Å². The topological polar surface area (TPSA) is 51.2 Å². The second kappa shape index (κ2) is 5.69. The third-order valence-corrected chi connectivity index (χ3v) is 4.39. The molecule has 0 saturated carbocycles. The molecule has 120 valence electrons. The number of nitrogens with one attached hydrogen (secondary N) is 1. The number of aromatic nitrogens is 1. The summed E-state index contributed by atoms with van der Waals surface area (Å²) >= 11 is 0. The SMILES string of the molecule is Cc1ccnc(NC2CC(C)(c3ccc(C)cc3C)OC2=O)c1. The number of nitrogens with zero attached hydrogens (tertiary/aromatic N) is 1. The Morgan fingerprint density at radius 3 is 2.61 bits per heavy atom. The number of hydrogen-bond donors (Lipinski definition) is 1. The first kappa shape index (κ1) is 15.5. The molecule has 1 N–H and O–H groups in total. The number of aryl methyl sites for hydroxylation is 3. The van der Waals surface area contributed by atoms with Crippen molar-refractivity contribution < 1.29 is 9.53 Å². The summed E-state index contributed by atoms with van der Waals surface area (Å²) in [6.45, 7) is 8.10. The van der Waals surface area contributed by atoms with E-state index in [2.05, 4.69) is 42.3 Å². The van der Waals surface area contributed by atoms with Crippen LogP contribution < -0.4 is 5.32 Å². The van der Waals surface area contributed by atoms with Crippen LogP contribution in [0.3, 0.4) is 0 Å². The number of anilines is 1. The summed E-state index contributed by atoms with van der Waals surface area (Å²) in [5, 5.41) is 3.20. The van der Waals surface area contributed by atoms with Gasteiger partial charge in [-0.05, 0) is 56.5 Å². The van der Waals surface area contributed by atoms with E-state index < -0.39 is 5.60 Å². The molecule has 1 aliphatic rings. The second-order valence-electron chi connectivity index (χ2n) is 6.59. The molecule has 1 saturated heterocycles. The van der Waals surface area contributed by atoms with Crippen molar-refractivity contribution in [3.63, 3.8) is 0 Å². The lowest BCUT2D eigenvalue weighted by Crippen LogP contribution is -2.25. The molecule has 2 unspecified atom stereocenters. The Labute approximate surface area is 136 Å². The molecule has 0 aliphatic carbocycles. The van der Waals surface area contributed by atoms with Gasteiger partial charge < -0.3 is 10.1 Å². The molecule has 3 rings (SSSR count). The molecule has 1 aromatic carbocycles. The fraction of sp³-hybridized carbons (Fsp3) is 0.368. The number of carbonyl (C=O) groups excluding carboxylic acids is 1. The fourth-order valence-corrected chi connectivity index (χ4v) is 3.28. The standard InChI is InChI=1S/C19H22N2O2/c1-12-5-6-15(14(3)9-12)19(4)11-16(18(22)23-19)21-17-10-13(2)7-8-20-17/h5-10,16H,11H2,1-4H3,(H,20,21). The lowest BCUT2D eigenvalue weighted by molar-refractivity contribution is -0.148. The first-order chi connectivity index (χ1) is 10.9. The average Bonchev–Trinajstić information content (AvgIpc) is 2.74. The summed E-state index contributed by atoms with van der Waals surface area (Å²) in [6.07, 6.45) is 2.33. The highest BCUT2D eigenvalue weighted by atomic mass is 16.6. The van der Waals surface area contributed by atoms with Gasteiger partial charge in [0.25, 0.3) is 0 Å². The van der Waals surface area contributed by atoms with Gasteiger partial charge in [0, 0.05) is 12.6 Å². The van der Waals surface area contributed by atoms with Crippen LogP contribution >= 0.6 is 0 Å². The van der Waals surface area contributed by atoms with Crippen LogP contribution in [0.2, 0.25) is 0 Å². The summed E-state index contributed by atoms with van der Waals surface area (Å²) in [4.78, 5) is 16.6. The highest BCUT2D eigenvalue weighted by Crippen LogP contribution is 2.39. The fourth-order valence-electron chi connectivity index (χ4n) is 3.28. The molecule has 4 nitrogen and oxygen atoms in total. The van der Waals surface area contributed by atoms with Crippen LogP contribution in [-0.4, -0.2) is 17.0 Å². The Hall–Kier alpha value is -2.36. The normalized spacial score (nSPS) is 23.7. The molecule has 0 amide bonds. The number of benzene rings is 1. The molecule has 0 spiro atoms. The van der Waals surface area contributed by atoms with Gasteiger partial charge in [-0.3, -0.25) is 0 Å². The van der Waals surface area contributed by atoms with Crippen LogP contribution in [0.1, 0.15) is 35.6 Å². The molecule has 1 aromatic heterocycles. The van der Waals surface area contributed by atoms with Crippen LogP contribution in [0.4, 0.5) is 5.82 Å². The zero-order chi connectivity index (χ0) is 16.6. The number of cyclic esters (lactones) is 1. The van der Waals surface area contributed by atoms with E-state index in [0.29, 0.717) is 12.2 Å². The second-order valence-corrected chi connectivity index (χ2v) is 6.59. The Balaban J connectivity index is 1.83. The molecule has 23 heavy (non-hydrogen) atoms. The van der Waals surface area contributed by atoms with Gasteiger partial charge >= 0.3 is 5.97 Å². The minimum Gasteiger partial charge on any atom is -0.453 e. The lowest BCUT2D eigenvalue weighted by atomic mass is 9.87. The van der Waals surface area contributed by atoms with E-state index in [0.717, 1.165) is 16.7 Å². The number of ether oxygens (including phenoxy) is 1. The van der Waals surface area contributed by atoms with Crippen LogP contribution in [0.25, 0.3) is 0 Å². The van der Waals surface area contributed by atoms with Crippen molar-refractivity contribution in [2.75, 3.05) is 5.32 Å².